The summed E-state index contributed by atoms with van der Waals surface area (Å²) in [5.74, 6) is 2.71. The van der Waals surface area contributed by atoms with Gasteiger partial charge < -0.3 is 10.1 Å². The minimum atomic E-state index is 0.101. The molecule has 1 aromatic rings. The fourth-order valence-electron chi connectivity index (χ4n) is 2.31. The number of terminal acetylenes is 1. The third-order valence-electron chi connectivity index (χ3n) is 3.14. The summed E-state index contributed by atoms with van der Waals surface area (Å²) >= 11 is 0. The molecule has 1 rings (SSSR count). The van der Waals surface area contributed by atoms with Crippen molar-refractivity contribution in [1.29, 1.82) is 0 Å². The van der Waals surface area contributed by atoms with Crippen LogP contribution in [0.15, 0.2) is 30.3 Å². The SMILES string of the molecule is C#CCCCC(NCC)C(OCC)c1ccccc1. The molecule has 0 bridgehead atoms. The van der Waals surface area contributed by atoms with Gasteiger partial charge >= 0.3 is 0 Å². The number of unbranched alkanes of at least 4 members (excludes halogenated alkanes) is 1. The van der Waals surface area contributed by atoms with Crippen LogP contribution >= 0.6 is 0 Å². The second kappa shape index (κ2) is 9.61. The summed E-state index contributed by atoms with van der Waals surface area (Å²) < 4.78 is 5.96. The van der Waals surface area contributed by atoms with Crippen LogP contribution in [-0.4, -0.2) is 19.2 Å². The molecule has 0 spiro atoms. The van der Waals surface area contributed by atoms with E-state index in [2.05, 4.69) is 42.4 Å². The number of nitrogens with one attached hydrogen (secondary N) is 1. The van der Waals surface area contributed by atoms with Crippen molar-refractivity contribution in [3.05, 3.63) is 35.9 Å². The highest BCUT2D eigenvalue weighted by atomic mass is 16.5. The van der Waals surface area contributed by atoms with Crippen LogP contribution in [0.4, 0.5) is 0 Å². The summed E-state index contributed by atoms with van der Waals surface area (Å²) in [4.78, 5) is 0. The van der Waals surface area contributed by atoms with Crippen LogP contribution in [0, 0.1) is 12.3 Å². The average Bonchev–Trinajstić information content (AvgIpc) is 2.45. The van der Waals surface area contributed by atoms with E-state index in [-0.39, 0.29) is 6.10 Å². The van der Waals surface area contributed by atoms with E-state index in [0.29, 0.717) is 6.04 Å². The lowest BCUT2D eigenvalue weighted by atomic mass is 9.97. The highest BCUT2D eigenvalue weighted by molar-refractivity contribution is 5.19. The van der Waals surface area contributed by atoms with E-state index in [0.717, 1.165) is 32.4 Å². The molecule has 0 heterocycles. The van der Waals surface area contributed by atoms with Crippen molar-refractivity contribution in [3.63, 3.8) is 0 Å². The Labute approximate surface area is 117 Å². The number of rotatable bonds is 9. The predicted octanol–water partition coefficient (Wildman–Crippen LogP) is 3.55. The standard InChI is InChI=1S/C17H25NO/c1-4-7-9-14-16(18-5-2)17(19-6-3)15-12-10-8-11-13-15/h1,8,10-13,16-18H,5-7,9,14H2,2-3H3. The molecular formula is C17H25NO. The average molecular weight is 259 g/mol. The van der Waals surface area contributed by atoms with Gasteiger partial charge in [0.15, 0.2) is 0 Å². The van der Waals surface area contributed by atoms with Gasteiger partial charge in [0.05, 0.1) is 6.10 Å². The quantitative estimate of drug-likeness (QED) is 0.541. The molecular weight excluding hydrogens is 234 g/mol. The maximum absolute atomic E-state index is 5.96. The Kier molecular flexibility index (Phi) is 7.97. The highest BCUT2D eigenvalue weighted by Gasteiger charge is 2.22. The lowest BCUT2D eigenvalue weighted by molar-refractivity contribution is 0.0309. The maximum Gasteiger partial charge on any atom is 0.0977 e. The molecule has 2 heteroatoms. The van der Waals surface area contributed by atoms with Crippen molar-refractivity contribution >= 4 is 0 Å². The monoisotopic (exact) mass is 259 g/mol. The smallest absolute Gasteiger partial charge is 0.0977 e. The molecule has 0 aliphatic rings. The number of hydrogen-bond acceptors (Lipinski definition) is 2. The second-order valence-corrected chi connectivity index (χ2v) is 4.55. The second-order valence-electron chi connectivity index (χ2n) is 4.55. The topological polar surface area (TPSA) is 21.3 Å². The predicted molar refractivity (Wildman–Crippen MR) is 81.0 cm³/mol. The van der Waals surface area contributed by atoms with Crippen molar-refractivity contribution in [2.75, 3.05) is 13.2 Å². The molecule has 1 aromatic carbocycles. The summed E-state index contributed by atoms with van der Waals surface area (Å²) in [7, 11) is 0. The van der Waals surface area contributed by atoms with Gasteiger partial charge in [-0.3, -0.25) is 0 Å². The molecule has 0 aliphatic heterocycles. The third-order valence-corrected chi connectivity index (χ3v) is 3.14. The van der Waals surface area contributed by atoms with Gasteiger partial charge in [-0.15, -0.1) is 12.3 Å². The van der Waals surface area contributed by atoms with Crippen molar-refractivity contribution in [1.82, 2.24) is 5.32 Å². The molecule has 2 unspecified atom stereocenters. The van der Waals surface area contributed by atoms with E-state index in [1.165, 1.54) is 5.56 Å². The normalized spacial score (nSPS) is 13.7. The van der Waals surface area contributed by atoms with E-state index in [1.54, 1.807) is 0 Å². The number of hydrogen-bond donors (Lipinski definition) is 1. The lowest BCUT2D eigenvalue weighted by Gasteiger charge is -2.28. The van der Waals surface area contributed by atoms with Gasteiger partial charge in [-0.2, -0.15) is 0 Å². The molecule has 0 amide bonds. The van der Waals surface area contributed by atoms with E-state index in [1.807, 2.05) is 13.0 Å². The molecule has 0 radical (unpaired) electrons. The molecule has 2 atom stereocenters. The molecule has 0 fully saturated rings. The van der Waals surface area contributed by atoms with Crippen LogP contribution in [-0.2, 0) is 4.74 Å². The summed E-state index contributed by atoms with van der Waals surface area (Å²) in [6.07, 6.45) is 8.33. The van der Waals surface area contributed by atoms with E-state index >= 15 is 0 Å². The van der Waals surface area contributed by atoms with Crippen molar-refractivity contribution in [2.24, 2.45) is 0 Å². The first-order chi connectivity index (χ1) is 9.33. The van der Waals surface area contributed by atoms with Gasteiger partial charge in [0.25, 0.3) is 0 Å². The molecule has 0 aliphatic carbocycles. The van der Waals surface area contributed by atoms with Crippen molar-refractivity contribution in [3.8, 4) is 12.3 Å². The Morgan fingerprint density at radius 3 is 2.58 bits per heavy atom. The Hall–Kier alpha value is -1.30. The minimum Gasteiger partial charge on any atom is -0.372 e. The van der Waals surface area contributed by atoms with Crippen molar-refractivity contribution in [2.45, 2.75) is 45.3 Å². The Morgan fingerprint density at radius 2 is 2.00 bits per heavy atom. The van der Waals surface area contributed by atoms with E-state index in [9.17, 15) is 0 Å². The Morgan fingerprint density at radius 1 is 1.26 bits per heavy atom. The highest BCUT2D eigenvalue weighted by Crippen LogP contribution is 2.24. The molecule has 19 heavy (non-hydrogen) atoms. The minimum absolute atomic E-state index is 0.101. The first kappa shape index (κ1) is 15.8. The van der Waals surface area contributed by atoms with Gasteiger partial charge in [0, 0.05) is 19.1 Å². The number of likely N-dealkylation sites (N-methyl/N-ethyl adjacent to an activating group) is 1. The molecule has 2 nitrogen and oxygen atoms in total. The molecule has 0 saturated carbocycles. The zero-order chi connectivity index (χ0) is 13.9. The molecule has 104 valence electrons. The van der Waals surface area contributed by atoms with Gasteiger partial charge in [0.1, 0.15) is 0 Å². The van der Waals surface area contributed by atoms with Crippen LogP contribution in [0.1, 0.15) is 44.8 Å². The van der Waals surface area contributed by atoms with Crippen LogP contribution < -0.4 is 5.32 Å². The van der Waals surface area contributed by atoms with Gasteiger partial charge in [-0.25, -0.2) is 0 Å². The largest absolute Gasteiger partial charge is 0.372 e. The molecule has 0 aromatic heterocycles. The lowest BCUT2D eigenvalue weighted by Crippen LogP contribution is -2.36. The first-order valence-electron chi connectivity index (χ1n) is 7.16. The van der Waals surface area contributed by atoms with Crippen LogP contribution in [0.5, 0.6) is 0 Å². The summed E-state index contributed by atoms with van der Waals surface area (Å²) in [5, 5.41) is 3.53. The van der Waals surface area contributed by atoms with Crippen LogP contribution in [0.3, 0.4) is 0 Å². The van der Waals surface area contributed by atoms with E-state index < -0.39 is 0 Å². The Bertz CT molecular complexity index is 369. The number of ether oxygens (including phenoxy) is 1. The van der Waals surface area contributed by atoms with Crippen LogP contribution in [0.25, 0.3) is 0 Å². The van der Waals surface area contributed by atoms with Gasteiger partial charge in [0.2, 0.25) is 0 Å². The molecule has 0 saturated heterocycles. The summed E-state index contributed by atoms with van der Waals surface area (Å²) in [5.41, 5.74) is 1.23. The molecule has 1 N–H and O–H groups in total. The van der Waals surface area contributed by atoms with Gasteiger partial charge in [-0.1, -0.05) is 37.3 Å². The summed E-state index contributed by atoms with van der Waals surface area (Å²) in [6, 6.07) is 10.7. The maximum atomic E-state index is 5.96. The van der Waals surface area contributed by atoms with Crippen molar-refractivity contribution < 1.29 is 4.74 Å². The zero-order valence-electron chi connectivity index (χ0n) is 12.1. The van der Waals surface area contributed by atoms with Crippen LogP contribution in [0.2, 0.25) is 0 Å². The zero-order valence-corrected chi connectivity index (χ0v) is 12.1. The third kappa shape index (κ3) is 5.46. The fraction of sp³-hybridized carbons (Fsp3) is 0.529. The fourth-order valence-corrected chi connectivity index (χ4v) is 2.31. The Balaban J connectivity index is 2.77. The number of benzene rings is 1. The summed E-state index contributed by atoms with van der Waals surface area (Å²) in [6.45, 7) is 5.83. The van der Waals surface area contributed by atoms with Gasteiger partial charge in [-0.05, 0) is 31.9 Å². The van der Waals surface area contributed by atoms with E-state index in [4.69, 9.17) is 11.2 Å². The first-order valence-corrected chi connectivity index (χ1v) is 7.16.